The summed E-state index contributed by atoms with van der Waals surface area (Å²) in [7, 11) is 0. The van der Waals surface area contributed by atoms with Crippen molar-refractivity contribution in [3.8, 4) is 0 Å². The van der Waals surface area contributed by atoms with Crippen molar-refractivity contribution in [2.45, 2.75) is 54.4 Å². The van der Waals surface area contributed by atoms with E-state index in [1.165, 1.54) is 16.7 Å². The predicted molar refractivity (Wildman–Crippen MR) is 106 cm³/mol. The van der Waals surface area contributed by atoms with Crippen LogP contribution in [0.4, 0.5) is 5.69 Å². The van der Waals surface area contributed by atoms with E-state index in [1.807, 2.05) is 20.1 Å². The molecule has 0 amide bonds. The SMILES string of the molecule is C/C=C(\C=Nc1cccc(C2=CC=CCC2)c1)C(C)(C)C.CC. The Morgan fingerprint density at radius 3 is 2.48 bits per heavy atom. The largest absolute Gasteiger partial charge is 0.257 e. The Labute approximate surface area is 142 Å². The highest BCUT2D eigenvalue weighted by Crippen LogP contribution is 2.28. The van der Waals surface area contributed by atoms with Gasteiger partial charge in [-0.2, -0.15) is 0 Å². The lowest BCUT2D eigenvalue weighted by Crippen LogP contribution is -2.10. The molecule has 124 valence electrons. The van der Waals surface area contributed by atoms with Crippen LogP contribution in [-0.2, 0) is 0 Å². The lowest BCUT2D eigenvalue weighted by atomic mass is 9.87. The first kappa shape index (κ1) is 19.2. The molecule has 23 heavy (non-hydrogen) atoms. The quantitative estimate of drug-likeness (QED) is 0.526. The van der Waals surface area contributed by atoms with Crippen molar-refractivity contribution in [3.63, 3.8) is 0 Å². The Bertz CT molecular complexity index is 607. The van der Waals surface area contributed by atoms with E-state index in [4.69, 9.17) is 0 Å². The van der Waals surface area contributed by atoms with E-state index in [9.17, 15) is 0 Å². The lowest BCUT2D eigenvalue weighted by Gasteiger charge is -2.19. The van der Waals surface area contributed by atoms with Crippen molar-refractivity contribution in [1.82, 2.24) is 0 Å². The van der Waals surface area contributed by atoms with Crippen molar-refractivity contribution in [2.75, 3.05) is 0 Å². The van der Waals surface area contributed by atoms with E-state index >= 15 is 0 Å². The first-order chi connectivity index (χ1) is 11.0. The molecule has 0 unspecified atom stereocenters. The molecule has 0 bridgehead atoms. The van der Waals surface area contributed by atoms with Gasteiger partial charge in [-0.15, -0.1) is 0 Å². The maximum Gasteiger partial charge on any atom is 0.0635 e. The Morgan fingerprint density at radius 2 is 1.91 bits per heavy atom. The smallest absolute Gasteiger partial charge is 0.0635 e. The molecule has 0 aliphatic heterocycles. The summed E-state index contributed by atoms with van der Waals surface area (Å²) >= 11 is 0. The van der Waals surface area contributed by atoms with Crippen LogP contribution in [0.3, 0.4) is 0 Å². The summed E-state index contributed by atoms with van der Waals surface area (Å²) in [6.45, 7) is 12.7. The van der Waals surface area contributed by atoms with Crippen molar-refractivity contribution in [2.24, 2.45) is 10.4 Å². The number of aliphatic imine (C=N–C) groups is 1. The Morgan fingerprint density at radius 1 is 1.17 bits per heavy atom. The minimum atomic E-state index is 0.132. The maximum absolute atomic E-state index is 4.66. The number of nitrogens with zero attached hydrogens (tertiary/aromatic N) is 1. The Hall–Kier alpha value is -1.89. The Balaban J connectivity index is 0.00000127. The highest BCUT2D eigenvalue weighted by Gasteiger charge is 2.14. The summed E-state index contributed by atoms with van der Waals surface area (Å²) in [5.74, 6) is 0. The van der Waals surface area contributed by atoms with Crippen LogP contribution in [0.2, 0.25) is 0 Å². The van der Waals surface area contributed by atoms with Gasteiger partial charge >= 0.3 is 0 Å². The number of benzene rings is 1. The average molecular weight is 309 g/mol. The fourth-order valence-corrected chi connectivity index (χ4v) is 2.47. The summed E-state index contributed by atoms with van der Waals surface area (Å²) in [4.78, 5) is 4.66. The highest BCUT2D eigenvalue weighted by atomic mass is 14.7. The van der Waals surface area contributed by atoms with Gasteiger partial charge in [0.15, 0.2) is 0 Å². The van der Waals surface area contributed by atoms with E-state index in [-0.39, 0.29) is 5.41 Å². The zero-order valence-corrected chi connectivity index (χ0v) is 15.6. The minimum absolute atomic E-state index is 0.132. The molecule has 0 saturated carbocycles. The highest BCUT2D eigenvalue weighted by molar-refractivity contribution is 5.83. The fourth-order valence-electron chi connectivity index (χ4n) is 2.47. The van der Waals surface area contributed by atoms with Crippen molar-refractivity contribution < 1.29 is 0 Å². The van der Waals surface area contributed by atoms with E-state index < -0.39 is 0 Å². The molecule has 1 aromatic rings. The van der Waals surface area contributed by atoms with E-state index in [0.717, 1.165) is 18.5 Å². The molecule has 2 rings (SSSR count). The molecule has 0 heterocycles. The van der Waals surface area contributed by atoms with Crippen LogP contribution in [0.5, 0.6) is 0 Å². The molecule has 1 heteroatoms. The third-order valence-electron chi connectivity index (χ3n) is 3.76. The molecule has 1 aliphatic carbocycles. The first-order valence-corrected chi connectivity index (χ1v) is 8.68. The second kappa shape index (κ2) is 9.29. The topological polar surface area (TPSA) is 12.4 Å². The second-order valence-electron chi connectivity index (χ2n) is 6.46. The lowest BCUT2D eigenvalue weighted by molar-refractivity contribution is 0.526. The van der Waals surface area contributed by atoms with Crippen molar-refractivity contribution >= 4 is 17.5 Å². The molecule has 0 spiro atoms. The van der Waals surface area contributed by atoms with Crippen LogP contribution >= 0.6 is 0 Å². The van der Waals surface area contributed by atoms with Crippen molar-refractivity contribution in [1.29, 1.82) is 0 Å². The molecule has 1 aliphatic rings. The average Bonchev–Trinajstić information content (AvgIpc) is 2.57. The molecule has 1 aromatic carbocycles. The molecule has 0 N–H and O–H groups in total. The maximum atomic E-state index is 4.66. The van der Waals surface area contributed by atoms with Crippen LogP contribution in [0.15, 0.2) is 59.1 Å². The van der Waals surface area contributed by atoms with Gasteiger partial charge in [-0.05, 0) is 54.0 Å². The standard InChI is InChI=1S/C20H25N.C2H6/c1-5-18(20(2,3)4)15-21-19-13-9-12-17(14-19)16-10-7-6-8-11-16;1-2/h5-7,9-10,12-15H,8,11H2,1-4H3;1-2H3/b18-5+,21-15?;. The third-order valence-corrected chi connectivity index (χ3v) is 3.76. The van der Waals surface area contributed by atoms with Gasteiger partial charge in [0.05, 0.1) is 5.69 Å². The van der Waals surface area contributed by atoms with Crippen LogP contribution in [0, 0.1) is 5.41 Å². The molecular formula is C22H31N. The number of hydrogen-bond donors (Lipinski definition) is 0. The summed E-state index contributed by atoms with van der Waals surface area (Å²) in [6.07, 6.45) is 13.0. The molecular weight excluding hydrogens is 278 g/mol. The number of rotatable bonds is 3. The summed E-state index contributed by atoms with van der Waals surface area (Å²) in [5, 5.41) is 0. The van der Waals surface area contributed by atoms with Crippen LogP contribution < -0.4 is 0 Å². The van der Waals surface area contributed by atoms with Gasteiger partial charge in [-0.25, -0.2) is 0 Å². The van der Waals surface area contributed by atoms with Crippen LogP contribution in [0.25, 0.3) is 5.57 Å². The summed E-state index contributed by atoms with van der Waals surface area (Å²) in [5.41, 5.74) is 5.09. The summed E-state index contributed by atoms with van der Waals surface area (Å²) in [6, 6.07) is 8.50. The van der Waals surface area contributed by atoms with Crippen LogP contribution in [0.1, 0.15) is 59.9 Å². The van der Waals surface area contributed by atoms with Gasteiger partial charge in [-0.3, -0.25) is 4.99 Å². The number of allylic oxidation sites excluding steroid dienone is 6. The van der Waals surface area contributed by atoms with Gasteiger partial charge in [0.1, 0.15) is 0 Å². The molecule has 0 aromatic heterocycles. The zero-order valence-electron chi connectivity index (χ0n) is 15.6. The minimum Gasteiger partial charge on any atom is -0.257 e. The Kier molecular flexibility index (Phi) is 7.74. The molecule has 0 saturated heterocycles. The molecule has 0 radical (unpaired) electrons. The summed E-state index contributed by atoms with van der Waals surface area (Å²) < 4.78 is 0. The van der Waals surface area contributed by atoms with Crippen molar-refractivity contribution in [3.05, 3.63) is 59.7 Å². The van der Waals surface area contributed by atoms with E-state index in [2.05, 4.69) is 81.3 Å². The van der Waals surface area contributed by atoms with Crippen LogP contribution in [-0.4, -0.2) is 6.21 Å². The predicted octanol–water partition coefficient (Wildman–Crippen LogP) is 7.14. The zero-order chi connectivity index (χ0) is 17.3. The third kappa shape index (κ3) is 6.02. The molecule has 0 atom stereocenters. The molecule has 0 fully saturated rings. The van der Waals surface area contributed by atoms with E-state index in [0.29, 0.717) is 0 Å². The monoisotopic (exact) mass is 309 g/mol. The number of hydrogen-bond acceptors (Lipinski definition) is 1. The normalized spacial score (nSPS) is 15.2. The van der Waals surface area contributed by atoms with Gasteiger partial charge in [-0.1, -0.05) is 71.1 Å². The van der Waals surface area contributed by atoms with Gasteiger partial charge in [0.2, 0.25) is 0 Å². The van der Waals surface area contributed by atoms with Gasteiger partial charge in [0.25, 0.3) is 0 Å². The van der Waals surface area contributed by atoms with Gasteiger partial charge in [0, 0.05) is 6.21 Å². The van der Waals surface area contributed by atoms with Gasteiger partial charge < -0.3 is 0 Å². The second-order valence-corrected chi connectivity index (χ2v) is 6.46. The fraction of sp³-hybridized carbons (Fsp3) is 0.409. The first-order valence-electron chi connectivity index (χ1n) is 8.68. The van der Waals surface area contributed by atoms with E-state index in [1.54, 1.807) is 0 Å². The molecule has 1 nitrogen and oxygen atoms in total.